The second-order valence-corrected chi connectivity index (χ2v) is 7.41. The number of hydrogen-bond acceptors (Lipinski definition) is 5. The second-order valence-electron chi connectivity index (χ2n) is 6.30. The van der Waals surface area contributed by atoms with Crippen LogP contribution in [0.4, 0.5) is 0 Å². The molecule has 0 spiro atoms. The Morgan fingerprint density at radius 2 is 2.26 bits per heavy atom. The summed E-state index contributed by atoms with van der Waals surface area (Å²) in [5.41, 5.74) is 0.118. The van der Waals surface area contributed by atoms with Crippen LogP contribution in [0.25, 0.3) is 0 Å². The minimum atomic E-state index is -0.0498. The molecule has 1 fully saturated rings. The largest absolute Gasteiger partial charge is 0.394 e. The average molecular weight is 284 g/mol. The standard InChI is InChI=1S/C14H24N2O2S/c1-10-9-18-11(8-17)6-16(10)7-12-5-15-13(19-12)14(2,3)4/h5,10-11,17H,6-9H2,1-4H3. The highest BCUT2D eigenvalue weighted by Gasteiger charge is 2.26. The van der Waals surface area contributed by atoms with Crippen LogP contribution in [0.5, 0.6) is 0 Å². The normalized spacial score (nSPS) is 25.7. The number of ether oxygens (including phenoxy) is 1. The lowest BCUT2D eigenvalue weighted by Gasteiger charge is -2.37. The van der Waals surface area contributed by atoms with Gasteiger partial charge in [-0.25, -0.2) is 4.98 Å². The van der Waals surface area contributed by atoms with Gasteiger partial charge in [0.15, 0.2) is 0 Å². The Morgan fingerprint density at radius 3 is 2.84 bits per heavy atom. The molecule has 19 heavy (non-hydrogen) atoms. The van der Waals surface area contributed by atoms with E-state index in [0.29, 0.717) is 12.6 Å². The molecule has 108 valence electrons. The number of aromatic nitrogens is 1. The van der Waals surface area contributed by atoms with Crippen molar-refractivity contribution in [2.45, 2.75) is 51.8 Å². The predicted octanol–water partition coefficient (Wildman–Crippen LogP) is 2.02. The molecule has 4 nitrogen and oxygen atoms in total. The molecular formula is C14H24N2O2S. The first-order valence-corrected chi connectivity index (χ1v) is 7.63. The van der Waals surface area contributed by atoms with Gasteiger partial charge < -0.3 is 9.84 Å². The van der Waals surface area contributed by atoms with Gasteiger partial charge in [0.1, 0.15) is 0 Å². The maximum Gasteiger partial charge on any atom is 0.0981 e. The van der Waals surface area contributed by atoms with E-state index in [1.165, 1.54) is 9.88 Å². The van der Waals surface area contributed by atoms with Gasteiger partial charge in [0.2, 0.25) is 0 Å². The van der Waals surface area contributed by atoms with Crippen LogP contribution in [0.15, 0.2) is 6.20 Å². The molecule has 2 rings (SSSR count). The summed E-state index contributed by atoms with van der Waals surface area (Å²) in [5.74, 6) is 0. The molecule has 5 heteroatoms. The molecule has 0 aliphatic carbocycles. The lowest BCUT2D eigenvalue weighted by atomic mass is 9.98. The summed E-state index contributed by atoms with van der Waals surface area (Å²) in [4.78, 5) is 8.18. The number of hydrogen-bond donors (Lipinski definition) is 1. The Morgan fingerprint density at radius 1 is 1.53 bits per heavy atom. The van der Waals surface area contributed by atoms with Crippen LogP contribution in [0.2, 0.25) is 0 Å². The van der Waals surface area contributed by atoms with Crippen molar-refractivity contribution in [3.05, 3.63) is 16.1 Å². The van der Waals surface area contributed by atoms with Gasteiger partial charge in [-0.05, 0) is 6.92 Å². The fourth-order valence-corrected chi connectivity index (χ4v) is 3.13. The predicted molar refractivity (Wildman–Crippen MR) is 77.5 cm³/mol. The molecule has 2 unspecified atom stereocenters. The number of morpholine rings is 1. The Kier molecular flexibility index (Phi) is 4.61. The number of aliphatic hydroxyl groups excluding tert-OH is 1. The van der Waals surface area contributed by atoms with Crippen molar-refractivity contribution in [1.29, 1.82) is 0 Å². The summed E-state index contributed by atoms with van der Waals surface area (Å²) >= 11 is 1.79. The zero-order valence-corrected chi connectivity index (χ0v) is 13.0. The summed E-state index contributed by atoms with van der Waals surface area (Å²) in [6.45, 7) is 11.2. The smallest absolute Gasteiger partial charge is 0.0981 e. The van der Waals surface area contributed by atoms with Crippen molar-refractivity contribution in [2.24, 2.45) is 0 Å². The van der Waals surface area contributed by atoms with Gasteiger partial charge in [-0.15, -0.1) is 11.3 Å². The van der Waals surface area contributed by atoms with Crippen LogP contribution in [0.1, 0.15) is 37.6 Å². The Hall–Kier alpha value is -0.490. The number of aliphatic hydroxyl groups is 1. The molecular weight excluding hydrogens is 260 g/mol. The molecule has 1 aromatic rings. The summed E-state index contributed by atoms with van der Waals surface area (Å²) in [6, 6.07) is 0.392. The SMILES string of the molecule is CC1COC(CO)CN1Cc1cnc(C(C)(C)C)s1. The molecule has 0 aromatic carbocycles. The molecule has 0 saturated carbocycles. The third kappa shape index (κ3) is 3.75. The first-order valence-electron chi connectivity index (χ1n) is 6.82. The highest BCUT2D eigenvalue weighted by atomic mass is 32.1. The molecule has 1 saturated heterocycles. The van der Waals surface area contributed by atoms with Crippen molar-refractivity contribution in [3.8, 4) is 0 Å². The third-order valence-electron chi connectivity index (χ3n) is 3.39. The monoisotopic (exact) mass is 284 g/mol. The van der Waals surface area contributed by atoms with E-state index in [-0.39, 0.29) is 18.1 Å². The highest BCUT2D eigenvalue weighted by Crippen LogP contribution is 2.28. The van der Waals surface area contributed by atoms with E-state index < -0.39 is 0 Å². The first-order chi connectivity index (χ1) is 8.90. The van der Waals surface area contributed by atoms with Crippen molar-refractivity contribution < 1.29 is 9.84 Å². The van der Waals surface area contributed by atoms with Crippen LogP contribution in [0, 0.1) is 0 Å². The lowest BCUT2D eigenvalue weighted by molar-refractivity contribution is -0.0803. The lowest BCUT2D eigenvalue weighted by Crippen LogP contribution is -2.48. The summed E-state index contributed by atoms with van der Waals surface area (Å²) in [7, 11) is 0. The highest BCUT2D eigenvalue weighted by molar-refractivity contribution is 7.11. The van der Waals surface area contributed by atoms with E-state index in [1.54, 1.807) is 11.3 Å². The number of rotatable bonds is 3. The quantitative estimate of drug-likeness (QED) is 0.922. The number of nitrogens with zero attached hydrogens (tertiary/aromatic N) is 2. The summed E-state index contributed by atoms with van der Waals surface area (Å²) < 4.78 is 5.56. The van der Waals surface area contributed by atoms with Crippen LogP contribution in [-0.4, -0.2) is 46.9 Å². The van der Waals surface area contributed by atoms with Crippen LogP contribution < -0.4 is 0 Å². The Bertz CT molecular complexity index is 414. The second kappa shape index (κ2) is 5.87. The van der Waals surface area contributed by atoms with Gasteiger partial charge in [-0.3, -0.25) is 4.90 Å². The Labute approximate surface area is 119 Å². The molecule has 2 heterocycles. The molecule has 1 aliphatic rings. The van der Waals surface area contributed by atoms with Gasteiger partial charge in [-0.1, -0.05) is 20.8 Å². The van der Waals surface area contributed by atoms with Crippen molar-refractivity contribution in [1.82, 2.24) is 9.88 Å². The molecule has 2 atom stereocenters. The summed E-state index contributed by atoms with van der Waals surface area (Å²) in [6.07, 6.45) is 1.94. The van der Waals surface area contributed by atoms with Gasteiger partial charge >= 0.3 is 0 Å². The van der Waals surface area contributed by atoms with Crippen molar-refractivity contribution in [2.75, 3.05) is 19.8 Å². The fourth-order valence-electron chi connectivity index (χ4n) is 2.13. The van der Waals surface area contributed by atoms with Gasteiger partial charge in [0.25, 0.3) is 0 Å². The van der Waals surface area contributed by atoms with Crippen molar-refractivity contribution >= 4 is 11.3 Å². The Balaban J connectivity index is 2.01. The van der Waals surface area contributed by atoms with Gasteiger partial charge in [0, 0.05) is 35.6 Å². The zero-order chi connectivity index (χ0) is 14.0. The van der Waals surface area contributed by atoms with Gasteiger partial charge in [0.05, 0.1) is 24.3 Å². The van der Waals surface area contributed by atoms with E-state index in [9.17, 15) is 5.11 Å². The summed E-state index contributed by atoms with van der Waals surface area (Å²) in [5, 5.41) is 10.4. The molecule has 1 aromatic heterocycles. The van der Waals surface area contributed by atoms with E-state index in [4.69, 9.17) is 4.74 Å². The van der Waals surface area contributed by atoms with Crippen LogP contribution in [-0.2, 0) is 16.7 Å². The number of thiazole rings is 1. The molecule has 0 radical (unpaired) electrons. The van der Waals surface area contributed by atoms with E-state index in [1.807, 2.05) is 6.20 Å². The minimum Gasteiger partial charge on any atom is -0.394 e. The minimum absolute atomic E-state index is 0.0498. The van der Waals surface area contributed by atoms with Gasteiger partial charge in [-0.2, -0.15) is 0 Å². The van der Waals surface area contributed by atoms with E-state index >= 15 is 0 Å². The third-order valence-corrected chi connectivity index (χ3v) is 4.80. The molecule has 1 aliphatic heterocycles. The zero-order valence-electron chi connectivity index (χ0n) is 12.2. The molecule has 0 bridgehead atoms. The van der Waals surface area contributed by atoms with Crippen molar-refractivity contribution in [3.63, 3.8) is 0 Å². The van der Waals surface area contributed by atoms with E-state index in [2.05, 4.69) is 37.6 Å². The molecule has 1 N–H and O–H groups in total. The van der Waals surface area contributed by atoms with Crippen LogP contribution >= 0.6 is 11.3 Å². The topological polar surface area (TPSA) is 45.6 Å². The maximum absolute atomic E-state index is 9.21. The molecule has 0 amide bonds. The fraction of sp³-hybridized carbons (Fsp3) is 0.786. The average Bonchev–Trinajstić information content (AvgIpc) is 2.80. The van der Waals surface area contributed by atoms with E-state index in [0.717, 1.165) is 13.1 Å². The van der Waals surface area contributed by atoms with Crippen LogP contribution in [0.3, 0.4) is 0 Å². The maximum atomic E-state index is 9.21. The first kappa shape index (κ1) is 14.9.